The first-order chi connectivity index (χ1) is 9.02. The van der Waals surface area contributed by atoms with Gasteiger partial charge in [-0.3, -0.25) is 4.72 Å². The van der Waals surface area contributed by atoms with Crippen LogP contribution in [0.3, 0.4) is 0 Å². The number of benzene rings is 1. The molecule has 0 unspecified atom stereocenters. The number of hydrogen-bond acceptors (Lipinski definition) is 4. The molecule has 0 aliphatic rings. The number of rotatable bonds is 8. The highest BCUT2D eigenvalue weighted by molar-refractivity contribution is 7.92. The fraction of sp³-hybridized carbons (Fsp3) is 0.500. The Bertz CT molecular complexity index is 476. The lowest BCUT2D eigenvalue weighted by Crippen LogP contribution is -2.26. The molecule has 0 aliphatic carbocycles. The molecular weight excluding hydrogens is 288 g/mol. The van der Waals surface area contributed by atoms with E-state index >= 15 is 0 Å². The first kappa shape index (κ1) is 16.1. The number of sulfonamides is 1. The van der Waals surface area contributed by atoms with Gasteiger partial charge in [0.15, 0.2) is 0 Å². The molecule has 0 saturated heterocycles. The number of likely N-dealkylation sites (N-methyl/N-ethyl adjacent to an activating group) is 1. The van der Waals surface area contributed by atoms with Gasteiger partial charge in [0.25, 0.3) is 0 Å². The standard InChI is InChI=1S/C12H19ClN2O3S/c1-2-15(8-9-16)12-5-3-11(4-6-12)14-19(17,18)10-7-13/h3-6,14,16H,2,7-10H2,1H3. The van der Waals surface area contributed by atoms with E-state index < -0.39 is 10.0 Å². The van der Waals surface area contributed by atoms with E-state index in [-0.39, 0.29) is 18.2 Å². The summed E-state index contributed by atoms with van der Waals surface area (Å²) in [6, 6.07) is 7.03. The second-order valence-electron chi connectivity index (χ2n) is 3.96. The lowest BCUT2D eigenvalue weighted by atomic mass is 10.2. The largest absolute Gasteiger partial charge is 0.395 e. The third kappa shape index (κ3) is 5.26. The van der Waals surface area contributed by atoms with Crippen LogP contribution in [0.2, 0.25) is 0 Å². The maximum Gasteiger partial charge on any atom is 0.233 e. The van der Waals surface area contributed by atoms with Gasteiger partial charge in [0.1, 0.15) is 0 Å². The molecule has 0 aromatic heterocycles. The molecule has 0 radical (unpaired) electrons. The van der Waals surface area contributed by atoms with E-state index in [1.54, 1.807) is 12.1 Å². The molecule has 0 spiro atoms. The van der Waals surface area contributed by atoms with Gasteiger partial charge in [-0.25, -0.2) is 8.42 Å². The summed E-state index contributed by atoms with van der Waals surface area (Å²) >= 11 is 5.42. The normalized spacial score (nSPS) is 11.3. The molecule has 0 bridgehead atoms. The summed E-state index contributed by atoms with van der Waals surface area (Å²) in [5.41, 5.74) is 1.45. The van der Waals surface area contributed by atoms with Gasteiger partial charge in [0.2, 0.25) is 10.0 Å². The zero-order valence-electron chi connectivity index (χ0n) is 10.8. The minimum Gasteiger partial charge on any atom is -0.395 e. The summed E-state index contributed by atoms with van der Waals surface area (Å²) in [5, 5.41) is 8.95. The van der Waals surface area contributed by atoms with Crippen molar-refractivity contribution in [2.45, 2.75) is 6.92 Å². The highest BCUT2D eigenvalue weighted by atomic mass is 35.5. The minimum atomic E-state index is -3.37. The monoisotopic (exact) mass is 306 g/mol. The summed E-state index contributed by atoms with van der Waals surface area (Å²) in [6.07, 6.45) is 0. The van der Waals surface area contributed by atoms with Crippen molar-refractivity contribution in [2.24, 2.45) is 0 Å². The Kier molecular flexibility index (Phi) is 6.41. The number of halogens is 1. The Morgan fingerprint density at radius 2 is 1.95 bits per heavy atom. The average molecular weight is 307 g/mol. The first-order valence-corrected chi connectivity index (χ1v) is 8.23. The maximum atomic E-state index is 11.5. The fourth-order valence-electron chi connectivity index (χ4n) is 1.66. The maximum absolute atomic E-state index is 11.5. The predicted molar refractivity (Wildman–Crippen MR) is 79.5 cm³/mol. The van der Waals surface area contributed by atoms with Crippen molar-refractivity contribution in [3.8, 4) is 0 Å². The summed E-state index contributed by atoms with van der Waals surface area (Å²) in [4.78, 5) is 2.00. The van der Waals surface area contributed by atoms with E-state index in [1.807, 2.05) is 24.0 Å². The molecule has 0 amide bonds. The van der Waals surface area contributed by atoms with Gasteiger partial charge in [-0.15, -0.1) is 11.6 Å². The zero-order valence-corrected chi connectivity index (χ0v) is 12.4. The summed E-state index contributed by atoms with van der Waals surface area (Å²) < 4.78 is 25.5. The van der Waals surface area contributed by atoms with Crippen LogP contribution in [-0.4, -0.2) is 44.9 Å². The number of anilines is 2. The van der Waals surface area contributed by atoms with Crippen molar-refractivity contribution in [3.05, 3.63) is 24.3 Å². The number of nitrogens with zero attached hydrogens (tertiary/aromatic N) is 1. The van der Waals surface area contributed by atoms with Crippen LogP contribution in [0.25, 0.3) is 0 Å². The lowest BCUT2D eigenvalue weighted by Gasteiger charge is -2.22. The third-order valence-corrected chi connectivity index (χ3v) is 4.30. The summed E-state index contributed by atoms with van der Waals surface area (Å²) in [5.74, 6) is -0.0462. The smallest absolute Gasteiger partial charge is 0.233 e. The van der Waals surface area contributed by atoms with Gasteiger partial charge in [-0.05, 0) is 31.2 Å². The van der Waals surface area contributed by atoms with Crippen molar-refractivity contribution >= 4 is 33.0 Å². The lowest BCUT2D eigenvalue weighted by molar-refractivity contribution is 0.302. The van der Waals surface area contributed by atoms with Crippen LogP contribution in [0, 0.1) is 0 Å². The van der Waals surface area contributed by atoms with E-state index in [0.29, 0.717) is 12.2 Å². The van der Waals surface area contributed by atoms with E-state index in [1.165, 1.54) is 0 Å². The van der Waals surface area contributed by atoms with Gasteiger partial charge in [-0.1, -0.05) is 0 Å². The van der Waals surface area contributed by atoms with Gasteiger partial charge in [0.05, 0.1) is 12.4 Å². The molecule has 0 saturated carbocycles. The number of aliphatic hydroxyl groups is 1. The van der Waals surface area contributed by atoms with Crippen molar-refractivity contribution in [3.63, 3.8) is 0 Å². The molecule has 0 fully saturated rings. The Morgan fingerprint density at radius 1 is 1.32 bits per heavy atom. The van der Waals surface area contributed by atoms with Crippen LogP contribution >= 0.6 is 11.6 Å². The van der Waals surface area contributed by atoms with Gasteiger partial charge in [0, 0.05) is 30.3 Å². The molecule has 1 rings (SSSR count). The molecule has 1 aromatic carbocycles. The highest BCUT2D eigenvalue weighted by Crippen LogP contribution is 2.18. The Hall–Kier alpha value is -0.980. The molecule has 0 atom stereocenters. The second-order valence-corrected chi connectivity index (χ2v) is 6.18. The molecule has 0 heterocycles. The van der Waals surface area contributed by atoms with Crippen molar-refractivity contribution in [1.29, 1.82) is 0 Å². The third-order valence-electron chi connectivity index (χ3n) is 2.60. The van der Waals surface area contributed by atoms with E-state index in [2.05, 4.69) is 4.72 Å². The Morgan fingerprint density at radius 3 is 2.42 bits per heavy atom. The molecular formula is C12H19ClN2O3S. The number of hydrogen-bond donors (Lipinski definition) is 2. The van der Waals surface area contributed by atoms with Crippen LogP contribution < -0.4 is 9.62 Å². The predicted octanol–water partition coefficient (Wildman–Crippen LogP) is 1.49. The molecule has 5 nitrogen and oxygen atoms in total. The second kappa shape index (κ2) is 7.57. The molecule has 0 aliphatic heterocycles. The number of aliphatic hydroxyl groups excluding tert-OH is 1. The van der Waals surface area contributed by atoms with Crippen LogP contribution in [-0.2, 0) is 10.0 Å². The average Bonchev–Trinajstić information content (AvgIpc) is 2.36. The summed E-state index contributed by atoms with van der Waals surface area (Å²) in [7, 11) is -3.37. The van der Waals surface area contributed by atoms with Crippen LogP contribution in [0.1, 0.15) is 6.92 Å². The van der Waals surface area contributed by atoms with Crippen LogP contribution in [0.5, 0.6) is 0 Å². The first-order valence-electron chi connectivity index (χ1n) is 6.04. The number of alkyl halides is 1. The molecule has 19 heavy (non-hydrogen) atoms. The van der Waals surface area contributed by atoms with Gasteiger partial charge >= 0.3 is 0 Å². The van der Waals surface area contributed by atoms with Crippen molar-refractivity contribution in [1.82, 2.24) is 0 Å². The molecule has 7 heteroatoms. The minimum absolute atomic E-state index is 0.0630. The van der Waals surface area contributed by atoms with Gasteiger partial charge < -0.3 is 10.0 Å². The molecule has 108 valence electrons. The topological polar surface area (TPSA) is 69.6 Å². The van der Waals surface area contributed by atoms with Crippen molar-refractivity contribution in [2.75, 3.05) is 41.0 Å². The number of nitrogens with one attached hydrogen (secondary N) is 1. The van der Waals surface area contributed by atoms with Crippen molar-refractivity contribution < 1.29 is 13.5 Å². The van der Waals surface area contributed by atoms with E-state index in [9.17, 15) is 8.42 Å². The van der Waals surface area contributed by atoms with Gasteiger partial charge in [-0.2, -0.15) is 0 Å². The van der Waals surface area contributed by atoms with Crippen LogP contribution in [0.4, 0.5) is 11.4 Å². The summed E-state index contributed by atoms with van der Waals surface area (Å²) in [6.45, 7) is 3.40. The van der Waals surface area contributed by atoms with E-state index in [4.69, 9.17) is 16.7 Å². The Balaban J connectivity index is 2.76. The highest BCUT2D eigenvalue weighted by Gasteiger charge is 2.09. The Labute approximate surface area is 119 Å². The SMILES string of the molecule is CCN(CCO)c1ccc(NS(=O)(=O)CCCl)cc1. The quantitative estimate of drug-likeness (QED) is 0.714. The fourth-order valence-corrected chi connectivity index (χ4v) is 3.07. The van der Waals surface area contributed by atoms with E-state index in [0.717, 1.165) is 12.2 Å². The molecule has 2 N–H and O–H groups in total. The van der Waals surface area contributed by atoms with Crippen LogP contribution in [0.15, 0.2) is 24.3 Å². The zero-order chi connectivity index (χ0) is 14.3. The molecule has 1 aromatic rings.